The number of halogens is 3. The highest BCUT2D eigenvalue weighted by molar-refractivity contribution is 4.73. The van der Waals surface area contributed by atoms with Gasteiger partial charge >= 0.3 is 6.18 Å². The number of likely N-dealkylation sites (tertiary alicyclic amines) is 1. The first-order valence-corrected chi connectivity index (χ1v) is 4.52. The number of nitrogens with two attached hydrogens (primary N) is 1. The van der Waals surface area contributed by atoms with Crippen molar-refractivity contribution in [1.82, 2.24) is 4.90 Å². The SMILES string of the molecule is NC1CCCN(CC(F)(F)F)CC1. The summed E-state index contributed by atoms with van der Waals surface area (Å²) in [7, 11) is 0. The lowest BCUT2D eigenvalue weighted by molar-refractivity contribution is -0.145. The molecule has 5 heteroatoms. The number of rotatable bonds is 1. The van der Waals surface area contributed by atoms with Crippen LogP contribution in [0.25, 0.3) is 0 Å². The molecule has 1 aliphatic rings. The van der Waals surface area contributed by atoms with Crippen LogP contribution in [0.4, 0.5) is 13.2 Å². The van der Waals surface area contributed by atoms with E-state index in [0.717, 1.165) is 12.8 Å². The second kappa shape index (κ2) is 4.28. The van der Waals surface area contributed by atoms with Crippen LogP contribution in [0.3, 0.4) is 0 Å². The molecule has 1 saturated heterocycles. The first kappa shape index (κ1) is 10.8. The fourth-order valence-corrected chi connectivity index (χ4v) is 1.59. The Morgan fingerprint density at radius 3 is 2.54 bits per heavy atom. The van der Waals surface area contributed by atoms with E-state index in [0.29, 0.717) is 19.5 Å². The second-order valence-corrected chi connectivity index (χ2v) is 3.58. The molecule has 0 saturated carbocycles. The van der Waals surface area contributed by atoms with Gasteiger partial charge in [-0.05, 0) is 32.4 Å². The first-order chi connectivity index (χ1) is 5.97. The van der Waals surface area contributed by atoms with Gasteiger partial charge in [0.2, 0.25) is 0 Å². The average molecular weight is 196 g/mol. The topological polar surface area (TPSA) is 29.3 Å². The van der Waals surface area contributed by atoms with Crippen molar-refractivity contribution in [3.63, 3.8) is 0 Å². The quantitative estimate of drug-likeness (QED) is 0.686. The molecule has 2 nitrogen and oxygen atoms in total. The summed E-state index contributed by atoms with van der Waals surface area (Å²) in [6.45, 7) is 0.202. The predicted molar refractivity (Wildman–Crippen MR) is 44.3 cm³/mol. The number of hydrogen-bond acceptors (Lipinski definition) is 2. The Labute approximate surface area is 75.9 Å². The van der Waals surface area contributed by atoms with E-state index in [2.05, 4.69) is 0 Å². The van der Waals surface area contributed by atoms with Crippen LogP contribution >= 0.6 is 0 Å². The highest BCUT2D eigenvalue weighted by Crippen LogP contribution is 2.18. The first-order valence-electron chi connectivity index (χ1n) is 4.52. The molecule has 1 unspecified atom stereocenters. The molecule has 0 aromatic carbocycles. The van der Waals surface area contributed by atoms with E-state index < -0.39 is 12.7 Å². The smallest absolute Gasteiger partial charge is 0.328 e. The highest BCUT2D eigenvalue weighted by Gasteiger charge is 2.31. The summed E-state index contributed by atoms with van der Waals surface area (Å²) >= 11 is 0. The van der Waals surface area contributed by atoms with Crippen LogP contribution < -0.4 is 5.73 Å². The van der Waals surface area contributed by atoms with Crippen LogP contribution in [-0.2, 0) is 0 Å². The number of alkyl halides is 3. The van der Waals surface area contributed by atoms with Crippen molar-refractivity contribution in [2.45, 2.75) is 31.5 Å². The monoisotopic (exact) mass is 196 g/mol. The molecule has 78 valence electrons. The summed E-state index contributed by atoms with van der Waals surface area (Å²) in [5, 5.41) is 0. The second-order valence-electron chi connectivity index (χ2n) is 3.58. The van der Waals surface area contributed by atoms with Crippen molar-refractivity contribution in [2.75, 3.05) is 19.6 Å². The Hall–Kier alpha value is -0.290. The van der Waals surface area contributed by atoms with E-state index in [4.69, 9.17) is 5.73 Å². The normalized spacial score (nSPS) is 27.2. The maximum absolute atomic E-state index is 12.0. The van der Waals surface area contributed by atoms with Crippen molar-refractivity contribution in [3.8, 4) is 0 Å². The van der Waals surface area contributed by atoms with Crippen LogP contribution in [0.1, 0.15) is 19.3 Å². The lowest BCUT2D eigenvalue weighted by Gasteiger charge is -2.21. The molecule has 1 fully saturated rings. The van der Waals surface area contributed by atoms with Gasteiger partial charge in [0, 0.05) is 6.04 Å². The Kier molecular flexibility index (Phi) is 3.55. The summed E-state index contributed by atoms with van der Waals surface area (Å²) < 4.78 is 36.0. The van der Waals surface area contributed by atoms with E-state index in [1.165, 1.54) is 4.90 Å². The molecular weight excluding hydrogens is 181 g/mol. The standard InChI is InChI=1S/C8H15F3N2/c9-8(10,11)6-13-4-1-2-7(12)3-5-13/h7H,1-6,12H2. The van der Waals surface area contributed by atoms with Crippen molar-refractivity contribution in [3.05, 3.63) is 0 Å². The fourth-order valence-electron chi connectivity index (χ4n) is 1.59. The minimum atomic E-state index is -4.07. The predicted octanol–water partition coefficient (Wildman–Crippen LogP) is 1.36. The molecule has 0 amide bonds. The molecule has 0 aromatic rings. The van der Waals surface area contributed by atoms with Gasteiger partial charge in [0.25, 0.3) is 0 Å². The Morgan fingerprint density at radius 2 is 1.92 bits per heavy atom. The van der Waals surface area contributed by atoms with E-state index in [1.807, 2.05) is 0 Å². The third kappa shape index (κ3) is 4.47. The summed E-state index contributed by atoms with van der Waals surface area (Å²) in [6.07, 6.45) is -1.78. The Morgan fingerprint density at radius 1 is 1.23 bits per heavy atom. The average Bonchev–Trinajstić information content (AvgIpc) is 2.12. The molecule has 0 spiro atoms. The fraction of sp³-hybridized carbons (Fsp3) is 1.00. The molecular formula is C8H15F3N2. The lowest BCUT2D eigenvalue weighted by atomic mass is 10.1. The van der Waals surface area contributed by atoms with Crippen LogP contribution in [0.2, 0.25) is 0 Å². The zero-order valence-electron chi connectivity index (χ0n) is 7.48. The van der Waals surface area contributed by atoms with Gasteiger partial charge in [0.05, 0.1) is 6.54 Å². The van der Waals surface area contributed by atoms with Gasteiger partial charge in [0.15, 0.2) is 0 Å². The maximum atomic E-state index is 12.0. The van der Waals surface area contributed by atoms with Gasteiger partial charge in [0.1, 0.15) is 0 Å². The largest absolute Gasteiger partial charge is 0.401 e. The molecule has 1 heterocycles. The van der Waals surface area contributed by atoms with E-state index in [-0.39, 0.29) is 6.04 Å². The van der Waals surface area contributed by atoms with E-state index >= 15 is 0 Å². The summed E-state index contributed by atoms with van der Waals surface area (Å²) in [5.74, 6) is 0. The Bertz CT molecular complexity index is 158. The van der Waals surface area contributed by atoms with Gasteiger partial charge in [-0.1, -0.05) is 0 Å². The van der Waals surface area contributed by atoms with Crippen molar-refractivity contribution >= 4 is 0 Å². The molecule has 0 bridgehead atoms. The van der Waals surface area contributed by atoms with E-state index in [9.17, 15) is 13.2 Å². The van der Waals surface area contributed by atoms with Gasteiger partial charge < -0.3 is 5.73 Å². The van der Waals surface area contributed by atoms with Crippen LogP contribution in [0.5, 0.6) is 0 Å². The Balaban J connectivity index is 2.34. The molecule has 0 aromatic heterocycles. The van der Waals surface area contributed by atoms with Gasteiger partial charge in [-0.25, -0.2) is 0 Å². The highest BCUT2D eigenvalue weighted by atomic mass is 19.4. The molecule has 13 heavy (non-hydrogen) atoms. The third-order valence-electron chi connectivity index (χ3n) is 2.27. The zero-order chi connectivity index (χ0) is 9.90. The van der Waals surface area contributed by atoms with Crippen molar-refractivity contribution in [2.24, 2.45) is 5.73 Å². The van der Waals surface area contributed by atoms with E-state index in [1.54, 1.807) is 0 Å². The third-order valence-corrected chi connectivity index (χ3v) is 2.27. The van der Waals surface area contributed by atoms with Gasteiger partial charge in [-0.15, -0.1) is 0 Å². The summed E-state index contributed by atoms with van der Waals surface area (Å²) in [4.78, 5) is 1.44. The number of nitrogens with zero attached hydrogens (tertiary/aromatic N) is 1. The minimum Gasteiger partial charge on any atom is -0.328 e. The van der Waals surface area contributed by atoms with Crippen LogP contribution in [0.15, 0.2) is 0 Å². The lowest BCUT2D eigenvalue weighted by Crippen LogP contribution is -2.35. The number of hydrogen-bond donors (Lipinski definition) is 1. The van der Waals surface area contributed by atoms with Crippen molar-refractivity contribution < 1.29 is 13.2 Å². The maximum Gasteiger partial charge on any atom is 0.401 e. The minimum absolute atomic E-state index is 0.0817. The molecule has 0 radical (unpaired) electrons. The van der Waals surface area contributed by atoms with Gasteiger partial charge in [-0.2, -0.15) is 13.2 Å². The molecule has 0 aliphatic carbocycles. The van der Waals surface area contributed by atoms with Crippen LogP contribution in [-0.4, -0.2) is 36.8 Å². The molecule has 1 rings (SSSR count). The molecule has 1 atom stereocenters. The van der Waals surface area contributed by atoms with Crippen molar-refractivity contribution in [1.29, 1.82) is 0 Å². The molecule has 1 aliphatic heterocycles. The van der Waals surface area contributed by atoms with Crippen LogP contribution in [0, 0.1) is 0 Å². The van der Waals surface area contributed by atoms with Gasteiger partial charge in [-0.3, -0.25) is 4.90 Å². The summed E-state index contributed by atoms with van der Waals surface area (Å²) in [5.41, 5.74) is 5.65. The summed E-state index contributed by atoms with van der Waals surface area (Å²) in [6, 6.07) is 0.0817. The zero-order valence-corrected chi connectivity index (χ0v) is 7.48. The molecule has 2 N–H and O–H groups in total.